The minimum absolute atomic E-state index is 0.379. The Balaban J connectivity index is 2.13. The lowest BCUT2D eigenvalue weighted by molar-refractivity contribution is 0.520. The molecule has 0 heterocycles. The van der Waals surface area contributed by atoms with E-state index in [1.165, 1.54) is 12.1 Å². The van der Waals surface area contributed by atoms with Crippen molar-refractivity contribution in [2.24, 2.45) is 0 Å². The molecule has 0 amide bonds. The van der Waals surface area contributed by atoms with Crippen molar-refractivity contribution in [2.75, 3.05) is 0 Å². The van der Waals surface area contributed by atoms with Crippen molar-refractivity contribution in [1.29, 1.82) is 0 Å². The van der Waals surface area contributed by atoms with Gasteiger partial charge in [-0.25, -0.2) is 11.0 Å². The van der Waals surface area contributed by atoms with Crippen LogP contribution in [0, 0.1) is 12.4 Å². The van der Waals surface area contributed by atoms with E-state index in [4.69, 9.17) is 6.57 Å². The van der Waals surface area contributed by atoms with Gasteiger partial charge >= 0.3 is 5.66 Å². The molecule has 1 atom stereocenters. The molecule has 0 fully saturated rings. The standard InChI is InChI=1S/C21H18FN2OP/c1-21(23-2,17-13-15-18(22)16-14-17)24-26(25,19-9-5-3-6-10-19)20-11-7-4-8-12-20/h3-16H,1H3,(H,24,25)/t21-/m1/s1. The highest BCUT2D eigenvalue weighted by Crippen LogP contribution is 2.44. The average molecular weight is 364 g/mol. The maximum atomic E-state index is 14.1. The van der Waals surface area contributed by atoms with Crippen LogP contribution < -0.4 is 15.7 Å². The summed E-state index contributed by atoms with van der Waals surface area (Å²) in [4.78, 5) is 3.70. The summed E-state index contributed by atoms with van der Waals surface area (Å²) in [7, 11) is -3.30. The highest BCUT2D eigenvalue weighted by atomic mass is 31.2. The van der Waals surface area contributed by atoms with Crippen molar-refractivity contribution in [3.8, 4) is 0 Å². The van der Waals surface area contributed by atoms with Crippen molar-refractivity contribution in [3.05, 3.63) is 108 Å². The van der Waals surface area contributed by atoms with Gasteiger partial charge in [-0.15, -0.1) is 0 Å². The molecule has 0 aliphatic rings. The number of nitrogens with zero attached hydrogens (tertiary/aromatic N) is 1. The summed E-state index contributed by atoms with van der Waals surface area (Å²) in [6.45, 7) is 9.36. The van der Waals surface area contributed by atoms with Gasteiger partial charge in [-0.1, -0.05) is 36.4 Å². The molecule has 0 saturated carbocycles. The molecule has 0 aromatic heterocycles. The molecule has 3 nitrogen and oxygen atoms in total. The fraction of sp³-hybridized carbons (Fsp3) is 0.0952. The maximum absolute atomic E-state index is 14.1. The summed E-state index contributed by atoms with van der Waals surface area (Å²) in [5, 5.41) is 4.33. The first-order chi connectivity index (χ1) is 12.5. The maximum Gasteiger partial charge on any atom is 0.315 e. The minimum atomic E-state index is -3.30. The fourth-order valence-electron chi connectivity index (χ4n) is 2.79. The molecular weight excluding hydrogens is 346 g/mol. The van der Waals surface area contributed by atoms with Crippen molar-refractivity contribution in [1.82, 2.24) is 5.09 Å². The summed E-state index contributed by atoms with van der Waals surface area (Å²) in [5.41, 5.74) is -0.712. The van der Waals surface area contributed by atoms with Crippen LogP contribution in [0.15, 0.2) is 84.9 Å². The van der Waals surface area contributed by atoms with E-state index in [1.807, 2.05) is 36.4 Å². The van der Waals surface area contributed by atoms with Gasteiger partial charge in [-0.2, -0.15) is 5.09 Å². The molecule has 0 bridgehead atoms. The monoisotopic (exact) mass is 364 g/mol. The van der Waals surface area contributed by atoms with E-state index < -0.39 is 13.0 Å². The molecule has 3 aromatic carbocycles. The fourth-order valence-corrected chi connectivity index (χ4v) is 5.32. The SMILES string of the molecule is [C-]#[N+][C@](C)(NP(=O)(c1ccccc1)c1ccccc1)c1ccc(F)cc1. The number of rotatable bonds is 5. The summed E-state index contributed by atoms with van der Waals surface area (Å²) < 4.78 is 27.4. The number of nitrogens with one attached hydrogen (secondary N) is 1. The zero-order valence-corrected chi connectivity index (χ0v) is 15.2. The first-order valence-corrected chi connectivity index (χ1v) is 9.84. The van der Waals surface area contributed by atoms with Gasteiger partial charge in [0, 0.05) is 17.5 Å². The van der Waals surface area contributed by atoms with E-state index in [9.17, 15) is 8.96 Å². The van der Waals surface area contributed by atoms with Crippen LogP contribution in [0.25, 0.3) is 4.85 Å². The van der Waals surface area contributed by atoms with Crippen molar-refractivity contribution in [3.63, 3.8) is 0 Å². The normalized spacial score (nSPS) is 13.6. The topological polar surface area (TPSA) is 33.5 Å². The summed E-state index contributed by atoms with van der Waals surface area (Å²) in [6.07, 6.45) is 0. The lowest BCUT2D eigenvalue weighted by atomic mass is 10.0. The molecule has 0 radical (unpaired) electrons. The van der Waals surface area contributed by atoms with E-state index in [0.717, 1.165) is 0 Å². The number of hydrogen-bond donors (Lipinski definition) is 1. The highest BCUT2D eigenvalue weighted by Gasteiger charge is 2.42. The molecule has 0 unspecified atom stereocenters. The van der Waals surface area contributed by atoms with E-state index in [0.29, 0.717) is 16.2 Å². The van der Waals surface area contributed by atoms with Gasteiger partial charge in [-0.3, -0.25) is 9.41 Å². The number of benzene rings is 3. The van der Waals surface area contributed by atoms with Crippen LogP contribution in [0.3, 0.4) is 0 Å². The van der Waals surface area contributed by atoms with Gasteiger partial charge < -0.3 is 0 Å². The van der Waals surface area contributed by atoms with Crippen LogP contribution in [-0.4, -0.2) is 0 Å². The van der Waals surface area contributed by atoms with Crippen LogP contribution >= 0.6 is 7.29 Å². The predicted octanol–water partition coefficient (Wildman–Crippen LogP) is 4.44. The third-order valence-electron chi connectivity index (χ3n) is 4.24. The largest absolute Gasteiger partial charge is 0.315 e. The first-order valence-electron chi connectivity index (χ1n) is 8.13. The molecule has 5 heteroatoms. The van der Waals surface area contributed by atoms with Gasteiger partial charge in [0.2, 0.25) is 7.29 Å². The Kier molecular flexibility index (Phi) is 5.04. The quantitative estimate of drug-likeness (QED) is 0.537. The Morgan fingerprint density at radius 3 is 1.77 bits per heavy atom. The second-order valence-corrected chi connectivity index (χ2v) is 8.56. The average Bonchev–Trinajstić information content (AvgIpc) is 2.69. The van der Waals surface area contributed by atoms with E-state index >= 15 is 0 Å². The van der Waals surface area contributed by atoms with Crippen molar-refractivity contribution < 1.29 is 8.96 Å². The molecule has 3 rings (SSSR count). The lowest BCUT2D eigenvalue weighted by Gasteiger charge is -2.27. The molecule has 0 aliphatic heterocycles. The smallest absolute Gasteiger partial charge is 0.296 e. The van der Waals surface area contributed by atoms with Crippen LogP contribution in [0.1, 0.15) is 12.5 Å². The number of halogens is 1. The molecule has 26 heavy (non-hydrogen) atoms. The van der Waals surface area contributed by atoms with Crippen molar-refractivity contribution >= 4 is 17.9 Å². The van der Waals surface area contributed by atoms with Gasteiger partial charge in [-0.05, 0) is 48.5 Å². The molecule has 130 valence electrons. The lowest BCUT2D eigenvalue weighted by Crippen LogP contribution is -2.40. The van der Waals surface area contributed by atoms with Crippen molar-refractivity contribution in [2.45, 2.75) is 12.6 Å². The first kappa shape index (κ1) is 18.1. The second-order valence-electron chi connectivity index (χ2n) is 6.08. The summed E-state index contributed by atoms with van der Waals surface area (Å²) in [5.74, 6) is -0.379. The van der Waals surface area contributed by atoms with Gasteiger partial charge in [0.25, 0.3) is 0 Å². The highest BCUT2D eigenvalue weighted by molar-refractivity contribution is 7.77. The molecule has 0 spiro atoms. The molecular formula is C21H18FN2OP. The van der Waals surface area contributed by atoms with E-state index in [1.54, 1.807) is 43.3 Å². The Hall–Kier alpha value is -2.73. The molecule has 0 aliphatic carbocycles. The summed E-state index contributed by atoms with van der Waals surface area (Å²) >= 11 is 0. The Morgan fingerprint density at radius 1 is 0.885 bits per heavy atom. The zero-order valence-electron chi connectivity index (χ0n) is 14.3. The predicted molar refractivity (Wildman–Crippen MR) is 103 cm³/mol. The third-order valence-corrected chi connectivity index (χ3v) is 7.05. The Labute approximate surface area is 152 Å². The number of hydrogen-bond acceptors (Lipinski definition) is 1. The van der Waals surface area contributed by atoms with Crippen LogP contribution in [-0.2, 0) is 10.2 Å². The van der Waals surface area contributed by atoms with Crippen LogP contribution in [0.4, 0.5) is 4.39 Å². The third kappa shape index (κ3) is 3.46. The minimum Gasteiger partial charge on any atom is -0.296 e. The van der Waals surface area contributed by atoms with Crippen LogP contribution in [0.2, 0.25) is 0 Å². The summed E-state index contributed by atoms with van der Waals surface area (Å²) in [6, 6.07) is 23.8. The van der Waals surface area contributed by atoms with Crippen LogP contribution in [0.5, 0.6) is 0 Å². The molecule has 3 aromatic rings. The second kappa shape index (κ2) is 7.25. The zero-order chi connectivity index (χ0) is 18.6. The molecule has 1 N–H and O–H groups in total. The van der Waals surface area contributed by atoms with E-state index in [-0.39, 0.29) is 5.82 Å². The van der Waals surface area contributed by atoms with Gasteiger partial charge in [0.1, 0.15) is 5.82 Å². The Bertz CT molecular complexity index is 925. The van der Waals surface area contributed by atoms with E-state index in [2.05, 4.69) is 9.93 Å². The van der Waals surface area contributed by atoms with Gasteiger partial charge in [0.05, 0.1) is 5.56 Å². The molecule has 0 saturated heterocycles. The van der Waals surface area contributed by atoms with Gasteiger partial charge in [0.15, 0.2) is 0 Å². The Morgan fingerprint density at radius 2 is 1.35 bits per heavy atom.